The molecule has 0 radical (unpaired) electrons. The molecule has 2 N–H and O–H groups in total. The summed E-state index contributed by atoms with van der Waals surface area (Å²) < 4.78 is 5.16. The van der Waals surface area contributed by atoms with Gasteiger partial charge >= 0.3 is 6.03 Å². The van der Waals surface area contributed by atoms with Crippen LogP contribution in [0.5, 0.6) is 5.75 Å². The van der Waals surface area contributed by atoms with Crippen molar-refractivity contribution in [1.82, 2.24) is 5.32 Å². The van der Waals surface area contributed by atoms with Gasteiger partial charge in [0, 0.05) is 11.7 Å². The smallest absolute Gasteiger partial charge is 0.319 e. The molecule has 128 valence electrons. The van der Waals surface area contributed by atoms with Gasteiger partial charge in [-0.25, -0.2) is 4.79 Å². The molecule has 0 aromatic heterocycles. The lowest BCUT2D eigenvalue weighted by atomic mass is 10.1. The van der Waals surface area contributed by atoms with E-state index in [1.165, 1.54) is 5.56 Å². The number of ether oxygens (including phenoxy) is 1. The zero-order valence-corrected chi connectivity index (χ0v) is 14.8. The van der Waals surface area contributed by atoms with Crippen LogP contribution in [0, 0.1) is 13.8 Å². The van der Waals surface area contributed by atoms with Crippen LogP contribution in [0.15, 0.2) is 42.5 Å². The van der Waals surface area contributed by atoms with Crippen LogP contribution in [-0.2, 0) is 6.42 Å². The number of aryl methyl sites for hydroxylation is 3. The van der Waals surface area contributed by atoms with E-state index in [9.17, 15) is 4.79 Å². The normalized spacial score (nSPS) is 11.7. The third-order valence-corrected chi connectivity index (χ3v) is 4.04. The van der Waals surface area contributed by atoms with E-state index in [4.69, 9.17) is 4.74 Å². The largest absolute Gasteiger partial charge is 0.497 e. The number of urea groups is 1. The van der Waals surface area contributed by atoms with Gasteiger partial charge < -0.3 is 15.4 Å². The monoisotopic (exact) mass is 326 g/mol. The second-order valence-electron chi connectivity index (χ2n) is 6.20. The number of hydrogen-bond acceptors (Lipinski definition) is 2. The number of nitrogens with one attached hydrogen (secondary N) is 2. The Morgan fingerprint density at radius 2 is 1.83 bits per heavy atom. The van der Waals surface area contributed by atoms with E-state index in [0.29, 0.717) is 0 Å². The molecule has 2 aromatic rings. The van der Waals surface area contributed by atoms with Crippen molar-refractivity contribution in [3.8, 4) is 5.75 Å². The second-order valence-corrected chi connectivity index (χ2v) is 6.20. The third-order valence-electron chi connectivity index (χ3n) is 4.04. The third kappa shape index (κ3) is 5.30. The van der Waals surface area contributed by atoms with E-state index >= 15 is 0 Å². The highest BCUT2D eigenvalue weighted by molar-refractivity contribution is 5.90. The van der Waals surface area contributed by atoms with Crippen molar-refractivity contribution < 1.29 is 9.53 Å². The topological polar surface area (TPSA) is 50.4 Å². The molecule has 0 aliphatic carbocycles. The predicted octanol–water partition coefficient (Wildman–Crippen LogP) is 4.45. The van der Waals surface area contributed by atoms with Crippen LogP contribution in [0.1, 0.15) is 30.0 Å². The summed E-state index contributed by atoms with van der Waals surface area (Å²) in [4.78, 5) is 12.1. The molecule has 0 fully saturated rings. The summed E-state index contributed by atoms with van der Waals surface area (Å²) in [6, 6.07) is 14.0. The lowest BCUT2D eigenvalue weighted by Gasteiger charge is -2.16. The Bertz CT molecular complexity index is 681. The Kier molecular flexibility index (Phi) is 6.24. The van der Waals surface area contributed by atoms with E-state index in [-0.39, 0.29) is 12.1 Å². The van der Waals surface area contributed by atoms with E-state index in [1.54, 1.807) is 7.11 Å². The minimum atomic E-state index is -0.161. The summed E-state index contributed by atoms with van der Waals surface area (Å²) in [5, 5.41) is 5.92. The molecule has 4 heteroatoms. The Hall–Kier alpha value is -2.49. The van der Waals surface area contributed by atoms with Crippen molar-refractivity contribution in [2.45, 2.75) is 39.7 Å². The fourth-order valence-electron chi connectivity index (χ4n) is 2.50. The number of amides is 2. The van der Waals surface area contributed by atoms with Gasteiger partial charge in [-0.1, -0.05) is 24.3 Å². The van der Waals surface area contributed by atoms with Gasteiger partial charge in [-0.15, -0.1) is 0 Å². The lowest BCUT2D eigenvalue weighted by molar-refractivity contribution is 0.248. The molecule has 0 bridgehead atoms. The Balaban J connectivity index is 1.81. The standard InChI is InChI=1S/C20H26N2O2/c1-14-5-6-15(2)19(13-14)22-20(23)21-16(3)7-8-17-9-11-18(24-4)12-10-17/h5-6,9-13,16H,7-8H2,1-4H3,(H2,21,22,23). The molecule has 1 atom stereocenters. The highest BCUT2D eigenvalue weighted by Gasteiger charge is 2.09. The van der Waals surface area contributed by atoms with Gasteiger partial charge in [-0.2, -0.15) is 0 Å². The summed E-state index contributed by atoms with van der Waals surface area (Å²) >= 11 is 0. The summed E-state index contributed by atoms with van der Waals surface area (Å²) in [6.07, 6.45) is 1.79. The van der Waals surface area contributed by atoms with E-state index in [0.717, 1.165) is 35.4 Å². The molecule has 0 spiro atoms. The maximum Gasteiger partial charge on any atom is 0.319 e. The average Bonchev–Trinajstić information content (AvgIpc) is 2.56. The Labute approximate surface area is 144 Å². The summed E-state index contributed by atoms with van der Waals surface area (Å²) in [7, 11) is 1.66. The van der Waals surface area contributed by atoms with E-state index in [2.05, 4.69) is 22.8 Å². The fraction of sp³-hybridized carbons (Fsp3) is 0.350. The highest BCUT2D eigenvalue weighted by Crippen LogP contribution is 2.16. The molecule has 4 nitrogen and oxygen atoms in total. The molecule has 2 amide bonds. The predicted molar refractivity (Wildman–Crippen MR) is 98.8 cm³/mol. The number of methoxy groups -OCH3 is 1. The van der Waals surface area contributed by atoms with Crippen molar-refractivity contribution in [1.29, 1.82) is 0 Å². The number of hydrogen-bond donors (Lipinski definition) is 2. The van der Waals surface area contributed by atoms with Crippen LogP contribution in [0.3, 0.4) is 0 Å². The fourth-order valence-corrected chi connectivity index (χ4v) is 2.50. The maximum atomic E-state index is 12.1. The minimum absolute atomic E-state index is 0.0946. The first-order valence-electron chi connectivity index (χ1n) is 8.25. The van der Waals surface area contributed by atoms with Gasteiger partial charge in [-0.3, -0.25) is 0 Å². The van der Waals surface area contributed by atoms with Crippen molar-refractivity contribution >= 4 is 11.7 Å². The molecule has 1 unspecified atom stereocenters. The van der Waals surface area contributed by atoms with Gasteiger partial charge in [0.2, 0.25) is 0 Å². The molecule has 0 saturated carbocycles. The van der Waals surface area contributed by atoms with E-state index < -0.39 is 0 Å². The van der Waals surface area contributed by atoms with Crippen molar-refractivity contribution in [2.75, 3.05) is 12.4 Å². The Morgan fingerprint density at radius 1 is 1.12 bits per heavy atom. The summed E-state index contributed by atoms with van der Waals surface area (Å²) in [6.45, 7) is 6.02. The molecule has 2 aromatic carbocycles. The molecule has 0 heterocycles. The van der Waals surface area contributed by atoms with Gasteiger partial charge in [0.15, 0.2) is 0 Å². The first-order chi connectivity index (χ1) is 11.5. The van der Waals surface area contributed by atoms with Crippen molar-refractivity contribution in [2.24, 2.45) is 0 Å². The van der Waals surface area contributed by atoms with Crippen molar-refractivity contribution in [3.63, 3.8) is 0 Å². The maximum absolute atomic E-state index is 12.1. The van der Waals surface area contributed by atoms with Crippen LogP contribution in [-0.4, -0.2) is 19.2 Å². The Morgan fingerprint density at radius 3 is 2.50 bits per heavy atom. The zero-order valence-electron chi connectivity index (χ0n) is 14.8. The van der Waals surface area contributed by atoms with Crippen molar-refractivity contribution in [3.05, 3.63) is 59.2 Å². The lowest BCUT2D eigenvalue weighted by Crippen LogP contribution is -2.36. The second kappa shape index (κ2) is 8.39. The zero-order chi connectivity index (χ0) is 17.5. The molecule has 0 aliphatic heterocycles. The van der Waals surface area contributed by atoms with Crippen LogP contribution >= 0.6 is 0 Å². The van der Waals surface area contributed by atoms with Gasteiger partial charge in [-0.05, 0) is 68.5 Å². The molecule has 2 rings (SSSR count). The number of carbonyl (C=O) groups excluding carboxylic acids is 1. The van der Waals surface area contributed by atoms with Gasteiger partial charge in [0.05, 0.1) is 7.11 Å². The molecular weight excluding hydrogens is 300 g/mol. The van der Waals surface area contributed by atoms with Gasteiger partial charge in [0.1, 0.15) is 5.75 Å². The number of benzene rings is 2. The first-order valence-corrected chi connectivity index (χ1v) is 8.25. The first kappa shape index (κ1) is 17.9. The van der Waals surface area contributed by atoms with Crippen LogP contribution in [0.25, 0.3) is 0 Å². The summed E-state index contributed by atoms with van der Waals surface area (Å²) in [5.74, 6) is 0.859. The average molecular weight is 326 g/mol. The van der Waals surface area contributed by atoms with E-state index in [1.807, 2.05) is 51.1 Å². The molecule has 0 saturated heterocycles. The molecule has 24 heavy (non-hydrogen) atoms. The number of rotatable bonds is 6. The van der Waals surface area contributed by atoms with Crippen LogP contribution in [0.2, 0.25) is 0 Å². The molecule has 0 aliphatic rings. The van der Waals surface area contributed by atoms with Crippen LogP contribution in [0.4, 0.5) is 10.5 Å². The quantitative estimate of drug-likeness (QED) is 0.823. The minimum Gasteiger partial charge on any atom is -0.497 e. The van der Waals surface area contributed by atoms with Gasteiger partial charge in [0.25, 0.3) is 0 Å². The van der Waals surface area contributed by atoms with Crippen LogP contribution < -0.4 is 15.4 Å². The molecular formula is C20H26N2O2. The SMILES string of the molecule is COc1ccc(CCC(C)NC(=O)Nc2cc(C)ccc2C)cc1. The number of anilines is 1. The highest BCUT2D eigenvalue weighted by atomic mass is 16.5. The number of carbonyl (C=O) groups is 1. The summed E-state index contributed by atoms with van der Waals surface area (Å²) in [5.41, 5.74) is 4.28.